The fourth-order valence-corrected chi connectivity index (χ4v) is 3.74. The zero-order valence-electron chi connectivity index (χ0n) is 16.9. The maximum Gasteiger partial charge on any atom is 0.333 e. The maximum atomic E-state index is 13.3. The van der Waals surface area contributed by atoms with Gasteiger partial charge in [-0.25, -0.2) is 9.36 Å². The highest BCUT2D eigenvalue weighted by molar-refractivity contribution is 5.87. The molecule has 3 aromatic heterocycles. The average molecular weight is 421 g/mol. The molecule has 2 aromatic carbocycles. The van der Waals surface area contributed by atoms with Gasteiger partial charge < -0.3 is 9.72 Å². The summed E-state index contributed by atoms with van der Waals surface area (Å²) < 4.78 is 6.31. The van der Waals surface area contributed by atoms with Crippen molar-refractivity contribution in [3.05, 3.63) is 93.5 Å². The zero-order valence-corrected chi connectivity index (χ0v) is 16.9. The molecule has 5 aromatic rings. The summed E-state index contributed by atoms with van der Waals surface area (Å²) in [6, 6.07) is 15.9. The number of pyridine rings is 2. The summed E-state index contributed by atoms with van der Waals surface area (Å²) in [6.45, 7) is 0. The number of nitriles is 1. The Bertz CT molecular complexity index is 1670. The summed E-state index contributed by atoms with van der Waals surface area (Å²) in [7, 11) is 1.54. The molecular weight excluding hydrogens is 406 g/mol. The van der Waals surface area contributed by atoms with Crippen LogP contribution in [0.5, 0.6) is 5.75 Å². The summed E-state index contributed by atoms with van der Waals surface area (Å²) in [5.74, 6) is 0.596. The second-order valence-corrected chi connectivity index (χ2v) is 7.09. The number of rotatable bonds is 3. The number of H-pyrrole nitrogens is 1. The van der Waals surface area contributed by atoms with Crippen LogP contribution < -0.4 is 16.0 Å². The molecule has 0 unspecified atom stereocenters. The molecule has 3 heterocycles. The molecule has 0 saturated heterocycles. The molecule has 0 fully saturated rings. The van der Waals surface area contributed by atoms with E-state index in [9.17, 15) is 14.9 Å². The fraction of sp³-hybridized carbons (Fsp3) is 0.0417. The second-order valence-electron chi connectivity index (χ2n) is 7.09. The van der Waals surface area contributed by atoms with E-state index in [1.807, 2.05) is 6.07 Å². The summed E-state index contributed by atoms with van der Waals surface area (Å²) >= 11 is 0. The summed E-state index contributed by atoms with van der Waals surface area (Å²) in [5.41, 5.74) is 1.85. The first-order valence-corrected chi connectivity index (χ1v) is 9.67. The molecule has 0 atom stereocenters. The molecule has 0 aliphatic rings. The number of methoxy groups -OCH3 is 1. The van der Waals surface area contributed by atoms with E-state index >= 15 is 0 Å². The van der Waals surface area contributed by atoms with Gasteiger partial charge in [0.25, 0.3) is 5.56 Å². The predicted octanol–water partition coefficient (Wildman–Crippen LogP) is 3.17. The molecule has 0 radical (unpaired) electrons. The van der Waals surface area contributed by atoms with Gasteiger partial charge in [-0.15, -0.1) is 0 Å². The number of nitrogens with one attached hydrogen (secondary N) is 1. The smallest absolute Gasteiger partial charge is 0.333 e. The highest BCUT2D eigenvalue weighted by atomic mass is 16.5. The molecular formula is C24H15N5O3. The molecule has 0 saturated carbocycles. The highest BCUT2D eigenvalue weighted by Crippen LogP contribution is 2.29. The lowest BCUT2D eigenvalue weighted by Crippen LogP contribution is -2.33. The second kappa shape index (κ2) is 7.49. The van der Waals surface area contributed by atoms with Gasteiger partial charge in [0.1, 0.15) is 5.75 Å². The molecule has 1 N–H and O–H groups in total. The number of aromatic nitrogens is 4. The number of nitrogens with zero attached hydrogens (tertiary/aromatic N) is 4. The van der Waals surface area contributed by atoms with E-state index in [-0.39, 0.29) is 0 Å². The van der Waals surface area contributed by atoms with E-state index in [1.54, 1.807) is 62.0 Å². The van der Waals surface area contributed by atoms with Gasteiger partial charge in [-0.05, 0) is 48.0 Å². The van der Waals surface area contributed by atoms with E-state index in [4.69, 9.17) is 4.74 Å². The standard InChI is InChI=1S/C24H15N5O3/c1-32-17-6-4-15(11-25)19(10-17)14-5-7-18-20(9-14)28-24(31)29(23(18)30)21-13-26-12-16-3-2-8-27-22(16)21/h2-10,12-13H,1H3,(H,28,31). The Labute approximate surface area is 181 Å². The molecule has 0 aliphatic heterocycles. The average Bonchev–Trinajstić information content (AvgIpc) is 2.83. The van der Waals surface area contributed by atoms with Crippen molar-refractivity contribution in [1.29, 1.82) is 5.26 Å². The number of hydrogen-bond acceptors (Lipinski definition) is 6. The third-order valence-corrected chi connectivity index (χ3v) is 5.29. The number of ether oxygens (including phenoxy) is 1. The van der Waals surface area contributed by atoms with E-state index in [1.165, 1.54) is 6.20 Å². The normalized spacial score (nSPS) is 10.9. The van der Waals surface area contributed by atoms with Crippen LogP contribution in [-0.2, 0) is 0 Å². The Balaban J connectivity index is 1.75. The molecule has 154 valence electrons. The maximum absolute atomic E-state index is 13.3. The van der Waals surface area contributed by atoms with Crippen LogP contribution in [0.1, 0.15) is 5.56 Å². The van der Waals surface area contributed by atoms with Crippen molar-refractivity contribution < 1.29 is 4.74 Å². The third-order valence-electron chi connectivity index (χ3n) is 5.29. The van der Waals surface area contributed by atoms with E-state index in [0.29, 0.717) is 49.9 Å². The SMILES string of the molecule is COc1ccc(C#N)c(-c2ccc3c(=O)n(-c4cncc5cccnc45)c(=O)[nH]c3c2)c1. The molecule has 0 bridgehead atoms. The quantitative estimate of drug-likeness (QED) is 0.479. The number of aromatic amines is 1. The van der Waals surface area contributed by atoms with Crippen LogP contribution in [0.15, 0.2) is 76.7 Å². The Morgan fingerprint density at radius 3 is 2.78 bits per heavy atom. The molecule has 0 aliphatic carbocycles. The van der Waals surface area contributed by atoms with Gasteiger partial charge in [0.15, 0.2) is 0 Å². The first-order valence-electron chi connectivity index (χ1n) is 9.67. The van der Waals surface area contributed by atoms with Crippen molar-refractivity contribution in [3.8, 4) is 28.6 Å². The molecule has 32 heavy (non-hydrogen) atoms. The molecule has 0 spiro atoms. The van der Waals surface area contributed by atoms with Crippen LogP contribution in [-0.4, -0.2) is 26.6 Å². The summed E-state index contributed by atoms with van der Waals surface area (Å²) in [6.07, 6.45) is 4.67. The number of hydrogen-bond donors (Lipinski definition) is 1. The highest BCUT2D eigenvalue weighted by Gasteiger charge is 2.15. The van der Waals surface area contributed by atoms with Gasteiger partial charge >= 0.3 is 5.69 Å². The van der Waals surface area contributed by atoms with Crippen LogP contribution in [0.2, 0.25) is 0 Å². The molecule has 0 amide bonds. The Morgan fingerprint density at radius 2 is 1.97 bits per heavy atom. The van der Waals surface area contributed by atoms with E-state index in [2.05, 4.69) is 21.0 Å². The first-order chi connectivity index (χ1) is 15.6. The minimum atomic E-state index is -0.606. The van der Waals surface area contributed by atoms with Crippen LogP contribution in [0, 0.1) is 11.3 Å². The lowest BCUT2D eigenvalue weighted by molar-refractivity contribution is 0.415. The van der Waals surface area contributed by atoms with Crippen molar-refractivity contribution in [3.63, 3.8) is 0 Å². The minimum absolute atomic E-state index is 0.305. The molecule has 5 rings (SSSR count). The van der Waals surface area contributed by atoms with E-state index < -0.39 is 11.2 Å². The largest absolute Gasteiger partial charge is 0.497 e. The van der Waals surface area contributed by atoms with Gasteiger partial charge in [0.2, 0.25) is 0 Å². The predicted molar refractivity (Wildman–Crippen MR) is 120 cm³/mol. The van der Waals surface area contributed by atoms with Crippen LogP contribution in [0.25, 0.3) is 38.6 Å². The van der Waals surface area contributed by atoms with Crippen LogP contribution in [0.4, 0.5) is 0 Å². The fourth-order valence-electron chi connectivity index (χ4n) is 3.74. The number of benzene rings is 2. The Kier molecular flexibility index (Phi) is 4.49. The third kappa shape index (κ3) is 3.00. The van der Waals surface area contributed by atoms with Crippen molar-refractivity contribution in [2.45, 2.75) is 0 Å². The van der Waals surface area contributed by atoms with Gasteiger partial charge in [0, 0.05) is 23.3 Å². The topological polar surface area (TPSA) is 114 Å². The lowest BCUT2D eigenvalue weighted by atomic mass is 9.99. The first kappa shape index (κ1) is 19.2. The Morgan fingerprint density at radius 1 is 1.09 bits per heavy atom. The van der Waals surface area contributed by atoms with E-state index in [0.717, 1.165) is 4.57 Å². The van der Waals surface area contributed by atoms with Crippen LogP contribution >= 0.6 is 0 Å². The monoisotopic (exact) mass is 421 g/mol. The van der Waals surface area contributed by atoms with Crippen molar-refractivity contribution >= 4 is 21.8 Å². The Hall–Kier alpha value is -4.77. The minimum Gasteiger partial charge on any atom is -0.497 e. The zero-order chi connectivity index (χ0) is 22.2. The number of fused-ring (bicyclic) bond motifs is 2. The summed E-state index contributed by atoms with van der Waals surface area (Å²) in [5, 5.41) is 10.5. The van der Waals surface area contributed by atoms with Gasteiger partial charge in [-0.3, -0.25) is 14.8 Å². The van der Waals surface area contributed by atoms with Gasteiger partial charge in [0.05, 0.1) is 47.0 Å². The molecule has 8 nitrogen and oxygen atoms in total. The van der Waals surface area contributed by atoms with Gasteiger partial charge in [-0.2, -0.15) is 5.26 Å². The lowest BCUT2D eigenvalue weighted by Gasteiger charge is -2.10. The van der Waals surface area contributed by atoms with Crippen LogP contribution in [0.3, 0.4) is 0 Å². The van der Waals surface area contributed by atoms with Crippen molar-refractivity contribution in [2.75, 3.05) is 7.11 Å². The summed E-state index contributed by atoms with van der Waals surface area (Å²) in [4.78, 5) is 37.5. The van der Waals surface area contributed by atoms with Crippen molar-refractivity contribution in [2.24, 2.45) is 0 Å². The van der Waals surface area contributed by atoms with Crippen molar-refractivity contribution in [1.82, 2.24) is 19.5 Å². The van der Waals surface area contributed by atoms with Gasteiger partial charge in [-0.1, -0.05) is 6.07 Å². The molecule has 8 heteroatoms.